The predicted molar refractivity (Wildman–Crippen MR) is 443 cm³/mol. The molecule has 6 heteroatoms. The van der Waals surface area contributed by atoms with Crippen LogP contribution in [0.2, 0.25) is 0 Å². The van der Waals surface area contributed by atoms with Gasteiger partial charge in [0.05, 0.1) is 52.1 Å². The van der Waals surface area contributed by atoms with E-state index in [4.69, 9.17) is 13.1 Å². The molecule has 16 aromatic carbocycles. The molecular formula is C102H64N5P. The molecule has 0 amide bonds. The summed E-state index contributed by atoms with van der Waals surface area (Å²) in [7, 11) is -1.12. The van der Waals surface area contributed by atoms with Gasteiger partial charge < -0.3 is 9.47 Å². The monoisotopic (exact) mass is 1390 g/mol. The van der Waals surface area contributed by atoms with Crippen molar-refractivity contribution in [2.24, 2.45) is 0 Å². The molecule has 0 saturated carbocycles. The zero-order valence-corrected chi connectivity index (χ0v) is 59.5. The summed E-state index contributed by atoms with van der Waals surface area (Å²) in [6.45, 7) is 17.0. The molecular weight excluding hydrogens is 1330 g/mol. The third-order valence-corrected chi connectivity index (χ3v) is 25.4. The SMILES string of the molecule is [C-]#[N+]c1ccc(C2(c3cc(C4(c5ccc([N+]#[C-])cc5)c5ccccc5-c5ccc(P(c6ccccc6)c6ccccc6)cc54)cc(C4(c5ccc(C#N)cc5)c5ccccc5-c5c4ccc4c6ccccc6n(-c6ccccc6)c54)c3)c3ccccc3-c3ccc(N(c4ccccc4)c4ccccc4)cc32)cc1. The lowest BCUT2D eigenvalue weighted by Crippen LogP contribution is -2.35. The molecule has 502 valence electrons. The average molecular weight is 1390 g/mol. The molecule has 0 fully saturated rings. The number of fused-ring (bicyclic) bond motifs is 13. The molecule has 3 aliphatic rings. The fraction of sp³-hybridized carbons (Fsp3) is 0.0294. The summed E-state index contributed by atoms with van der Waals surface area (Å²) in [6, 6.07) is 145. The molecule has 108 heavy (non-hydrogen) atoms. The van der Waals surface area contributed by atoms with E-state index in [1.165, 1.54) is 15.9 Å². The molecule has 3 atom stereocenters. The van der Waals surface area contributed by atoms with Crippen molar-refractivity contribution in [3.05, 3.63) is 483 Å². The molecule has 5 nitrogen and oxygen atoms in total. The lowest BCUT2D eigenvalue weighted by Gasteiger charge is -2.41. The standard InChI is InChI=1S/C102H64N5P/c1-104-75-52-48-70(49-53-75)101(91-40-22-18-36-84(91)86-58-56-80(65-95(86)101)106(77-26-8-3-9-27-77)78-28-10-4-11-29-78)73-62-72(100(69-46-44-68(67-103)45-47-69)93-42-24-20-39-90(93)98-94(100)61-60-89-88-38-21-25-43-97(88)107(99(89)98)79-30-12-5-13-31-79)63-74(64-73)102(71-50-54-76(105-2)55-51-71)92-41-23-19-37-85(92)87-59-57-83(66-96(87)102)108(81-32-14-6-15-33-81)82-34-16-7-17-35-82/h3-66H. The van der Waals surface area contributed by atoms with Gasteiger partial charge in [-0.15, -0.1) is 0 Å². The highest BCUT2D eigenvalue weighted by molar-refractivity contribution is 7.79. The van der Waals surface area contributed by atoms with Crippen LogP contribution in [0.15, 0.2) is 388 Å². The largest absolute Gasteiger partial charge is 0.310 e. The number of hydrogen-bond acceptors (Lipinski definition) is 2. The first kappa shape index (κ1) is 63.7. The van der Waals surface area contributed by atoms with E-state index in [1.54, 1.807) is 0 Å². The molecule has 0 bridgehead atoms. The maximum absolute atomic E-state index is 10.9. The number of benzene rings is 16. The van der Waals surface area contributed by atoms with Gasteiger partial charge >= 0.3 is 0 Å². The number of para-hydroxylation sites is 4. The Kier molecular flexibility index (Phi) is 15.0. The Balaban J connectivity index is 0.995. The van der Waals surface area contributed by atoms with Gasteiger partial charge in [-0.25, -0.2) is 9.69 Å². The van der Waals surface area contributed by atoms with E-state index in [2.05, 4.69) is 377 Å². The van der Waals surface area contributed by atoms with Crippen molar-refractivity contribution >= 4 is 74.1 Å². The van der Waals surface area contributed by atoms with Gasteiger partial charge in [0.1, 0.15) is 0 Å². The molecule has 0 spiro atoms. The van der Waals surface area contributed by atoms with Gasteiger partial charge in [-0.1, -0.05) is 315 Å². The molecule has 17 aromatic rings. The van der Waals surface area contributed by atoms with Gasteiger partial charge in [0.15, 0.2) is 11.4 Å². The molecule has 0 radical (unpaired) electrons. The molecule has 1 heterocycles. The van der Waals surface area contributed by atoms with Crippen LogP contribution < -0.4 is 20.8 Å². The van der Waals surface area contributed by atoms with Crippen LogP contribution in [-0.2, 0) is 16.2 Å². The van der Waals surface area contributed by atoms with Crippen LogP contribution in [0.1, 0.15) is 72.3 Å². The van der Waals surface area contributed by atoms with E-state index >= 15 is 0 Å². The van der Waals surface area contributed by atoms with E-state index in [0.29, 0.717) is 16.9 Å². The fourth-order valence-electron chi connectivity index (χ4n) is 18.7. The Morgan fingerprint density at radius 3 is 1.24 bits per heavy atom. The van der Waals surface area contributed by atoms with E-state index < -0.39 is 24.2 Å². The van der Waals surface area contributed by atoms with Crippen LogP contribution in [0.4, 0.5) is 28.4 Å². The molecule has 3 unspecified atom stereocenters. The van der Waals surface area contributed by atoms with Crippen LogP contribution in [-0.4, -0.2) is 4.57 Å². The lowest BCUT2D eigenvalue weighted by molar-refractivity contribution is 0.714. The van der Waals surface area contributed by atoms with Crippen molar-refractivity contribution in [1.82, 2.24) is 4.57 Å². The minimum atomic E-state index is -1.12. The number of nitriles is 1. The number of hydrogen-bond donors (Lipinski definition) is 0. The fourth-order valence-corrected chi connectivity index (χ4v) is 21.0. The summed E-state index contributed by atoms with van der Waals surface area (Å²) in [4.78, 5) is 10.5. The molecule has 0 aliphatic heterocycles. The minimum absolute atomic E-state index is 0.545. The Labute approximate surface area is 629 Å². The average Bonchev–Trinajstić information content (AvgIpc) is 1.49. The van der Waals surface area contributed by atoms with Crippen LogP contribution in [0.5, 0.6) is 0 Å². The highest BCUT2D eigenvalue weighted by atomic mass is 31.1. The summed E-state index contributed by atoms with van der Waals surface area (Å²) in [5, 5.41) is 16.9. The van der Waals surface area contributed by atoms with Crippen LogP contribution in [0, 0.1) is 24.5 Å². The maximum atomic E-state index is 10.9. The van der Waals surface area contributed by atoms with Gasteiger partial charge in [-0.2, -0.15) is 5.26 Å². The van der Waals surface area contributed by atoms with Crippen LogP contribution in [0.3, 0.4) is 0 Å². The van der Waals surface area contributed by atoms with Crippen LogP contribution >= 0.6 is 7.92 Å². The third kappa shape index (κ3) is 9.38. The highest BCUT2D eigenvalue weighted by Crippen LogP contribution is 2.65. The van der Waals surface area contributed by atoms with Crippen molar-refractivity contribution in [3.8, 4) is 45.1 Å². The maximum Gasteiger partial charge on any atom is 0.187 e. The second-order valence-electron chi connectivity index (χ2n) is 28.2. The molecule has 0 N–H and O–H groups in total. The smallest absolute Gasteiger partial charge is 0.187 e. The third-order valence-electron chi connectivity index (χ3n) is 23.0. The molecule has 0 saturated heterocycles. The van der Waals surface area contributed by atoms with E-state index in [-0.39, 0.29) is 0 Å². The summed E-state index contributed by atoms with van der Waals surface area (Å²) in [6.07, 6.45) is 0. The van der Waals surface area contributed by atoms with Gasteiger partial charge in [0.25, 0.3) is 0 Å². The number of anilines is 3. The van der Waals surface area contributed by atoms with Crippen molar-refractivity contribution in [3.63, 3.8) is 0 Å². The van der Waals surface area contributed by atoms with Crippen molar-refractivity contribution in [1.29, 1.82) is 5.26 Å². The van der Waals surface area contributed by atoms with E-state index in [1.807, 2.05) is 36.4 Å². The second-order valence-corrected chi connectivity index (χ2v) is 30.5. The molecule has 3 aliphatic carbocycles. The Bertz CT molecular complexity index is 6230. The second kappa shape index (κ2) is 25.4. The number of aromatic nitrogens is 1. The lowest BCUT2D eigenvalue weighted by atomic mass is 9.60. The van der Waals surface area contributed by atoms with Crippen molar-refractivity contribution in [2.45, 2.75) is 16.2 Å². The first-order valence-corrected chi connectivity index (χ1v) is 37.9. The quantitative estimate of drug-likeness (QED) is 0.0853. The van der Waals surface area contributed by atoms with Gasteiger partial charge in [-0.05, 0) is 191 Å². The number of rotatable bonds is 13. The van der Waals surface area contributed by atoms with Gasteiger partial charge in [0, 0.05) is 39.1 Å². The van der Waals surface area contributed by atoms with Crippen molar-refractivity contribution in [2.75, 3.05) is 4.90 Å². The Morgan fingerprint density at radius 1 is 0.306 bits per heavy atom. The van der Waals surface area contributed by atoms with Gasteiger partial charge in [0.2, 0.25) is 0 Å². The summed E-state index contributed by atoms with van der Waals surface area (Å²) < 4.78 is 2.47. The topological polar surface area (TPSA) is 40.7 Å². The van der Waals surface area contributed by atoms with E-state index in [9.17, 15) is 5.26 Å². The summed E-state index contributed by atoms with van der Waals surface area (Å²) in [5.74, 6) is 0. The Hall–Kier alpha value is -14.0. The Morgan fingerprint density at radius 2 is 0.722 bits per heavy atom. The predicted octanol–water partition coefficient (Wildman–Crippen LogP) is 24.1. The van der Waals surface area contributed by atoms with E-state index in [0.717, 1.165) is 145 Å². The zero-order valence-electron chi connectivity index (χ0n) is 58.6. The highest BCUT2D eigenvalue weighted by Gasteiger charge is 2.54. The summed E-state index contributed by atoms with van der Waals surface area (Å²) in [5.41, 5.74) is 24.2. The first-order valence-electron chi connectivity index (χ1n) is 36.6. The summed E-state index contributed by atoms with van der Waals surface area (Å²) >= 11 is 0. The van der Waals surface area contributed by atoms with Crippen molar-refractivity contribution < 1.29 is 0 Å². The minimum Gasteiger partial charge on any atom is -0.310 e. The van der Waals surface area contributed by atoms with Gasteiger partial charge in [-0.3, -0.25) is 0 Å². The molecule has 1 aromatic heterocycles. The normalized spacial score (nSPS) is 16.1. The first-order chi connectivity index (χ1) is 53.4. The number of nitrogens with zero attached hydrogens (tertiary/aromatic N) is 5. The van der Waals surface area contributed by atoms with Crippen LogP contribution in [0.25, 0.3) is 70.6 Å². The zero-order chi connectivity index (χ0) is 72.1. The molecule has 20 rings (SSSR count).